The number of piperazine rings is 1. The lowest BCUT2D eigenvalue weighted by atomic mass is 10.0. The van der Waals surface area contributed by atoms with E-state index in [1.807, 2.05) is 6.07 Å². The average Bonchev–Trinajstić information content (AvgIpc) is 2.92. The summed E-state index contributed by atoms with van der Waals surface area (Å²) in [5.74, 6) is 0.162. The minimum Gasteiger partial charge on any atom is -0.326 e. The van der Waals surface area contributed by atoms with E-state index in [1.54, 1.807) is 4.90 Å². The second-order valence-electron chi connectivity index (χ2n) is 6.49. The van der Waals surface area contributed by atoms with Crippen LogP contribution in [0.4, 0.5) is 10.1 Å². The highest BCUT2D eigenvalue weighted by atomic mass is 19.1. The molecule has 24 heavy (non-hydrogen) atoms. The SMILES string of the molecule is CN1CCN(CC2CN(C(=N)/C=C\C=O)c3cc(F)ccc32)CC1. The molecule has 1 N–H and O–H groups in total. The van der Waals surface area contributed by atoms with Crippen molar-refractivity contribution in [2.75, 3.05) is 51.2 Å². The van der Waals surface area contributed by atoms with Crippen molar-refractivity contribution in [3.8, 4) is 0 Å². The monoisotopic (exact) mass is 330 g/mol. The highest BCUT2D eigenvalue weighted by Gasteiger charge is 2.32. The maximum atomic E-state index is 13.7. The van der Waals surface area contributed by atoms with Crippen LogP contribution < -0.4 is 4.90 Å². The van der Waals surface area contributed by atoms with Gasteiger partial charge in [-0.3, -0.25) is 10.2 Å². The van der Waals surface area contributed by atoms with Crippen LogP contribution in [0, 0.1) is 11.2 Å². The first kappa shape index (κ1) is 16.8. The van der Waals surface area contributed by atoms with Crippen molar-refractivity contribution in [3.05, 3.63) is 41.7 Å². The summed E-state index contributed by atoms with van der Waals surface area (Å²) in [7, 11) is 2.13. The number of halogens is 1. The maximum absolute atomic E-state index is 13.7. The summed E-state index contributed by atoms with van der Waals surface area (Å²) in [4.78, 5) is 17.1. The number of hydrogen-bond donors (Lipinski definition) is 1. The van der Waals surface area contributed by atoms with Gasteiger partial charge in [0.15, 0.2) is 0 Å². The number of rotatable bonds is 4. The topological polar surface area (TPSA) is 50.6 Å². The number of fused-ring (bicyclic) bond motifs is 1. The van der Waals surface area contributed by atoms with Gasteiger partial charge in [0.2, 0.25) is 0 Å². The number of amidine groups is 1. The summed E-state index contributed by atoms with van der Waals surface area (Å²) in [5.41, 5.74) is 1.83. The van der Waals surface area contributed by atoms with Crippen LogP contribution in [0.2, 0.25) is 0 Å². The van der Waals surface area contributed by atoms with E-state index in [4.69, 9.17) is 5.41 Å². The molecule has 5 nitrogen and oxygen atoms in total. The first-order chi connectivity index (χ1) is 11.6. The van der Waals surface area contributed by atoms with E-state index in [2.05, 4.69) is 16.8 Å². The molecule has 1 fully saturated rings. The summed E-state index contributed by atoms with van der Waals surface area (Å²) in [5, 5.41) is 8.16. The summed E-state index contributed by atoms with van der Waals surface area (Å²) >= 11 is 0. The molecule has 2 heterocycles. The summed E-state index contributed by atoms with van der Waals surface area (Å²) in [6.45, 7) is 5.74. The third kappa shape index (κ3) is 3.55. The Morgan fingerprint density at radius 3 is 2.79 bits per heavy atom. The minimum atomic E-state index is -0.300. The molecule has 2 aliphatic heterocycles. The Hall–Kier alpha value is -2.05. The number of benzene rings is 1. The van der Waals surface area contributed by atoms with Crippen LogP contribution in [-0.4, -0.2) is 68.2 Å². The van der Waals surface area contributed by atoms with E-state index in [0.29, 0.717) is 12.8 Å². The summed E-state index contributed by atoms with van der Waals surface area (Å²) < 4.78 is 13.7. The maximum Gasteiger partial charge on any atom is 0.142 e. The van der Waals surface area contributed by atoms with Crippen LogP contribution in [0.5, 0.6) is 0 Å². The molecule has 0 saturated carbocycles. The van der Waals surface area contributed by atoms with E-state index in [0.717, 1.165) is 44.0 Å². The van der Waals surface area contributed by atoms with Crippen LogP contribution >= 0.6 is 0 Å². The van der Waals surface area contributed by atoms with Gasteiger partial charge in [0.05, 0.1) is 0 Å². The highest BCUT2D eigenvalue weighted by molar-refractivity contribution is 6.06. The van der Waals surface area contributed by atoms with Gasteiger partial charge in [0.1, 0.15) is 17.9 Å². The molecular formula is C18H23FN4O. The number of anilines is 1. The molecule has 6 heteroatoms. The number of carbonyl (C=O) groups is 1. The van der Waals surface area contributed by atoms with Crippen LogP contribution in [0.25, 0.3) is 0 Å². The molecule has 0 aromatic heterocycles. The Morgan fingerprint density at radius 1 is 1.33 bits per heavy atom. The second kappa shape index (κ2) is 7.23. The number of nitrogens with zero attached hydrogens (tertiary/aromatic N) is 3. The molecule has 1 aromatic carbocycles. The van der Waals surface area contributed by atoms with Gasteiger partial charge in [0.25, 0.3) is 0 Å². The summed E-state index contributed by atoms with van der Waals surface area (Å²) in [6, 6.07) is 4.81. The number of hydrogen-bond acceptors (Lipinski definition) is 4. The Balaban J connectivity index is 1.79. The third-order valence-corrected chi connectivity index (χ3v) is 4.82. The van der Waals surface area contributed by atoms with Gasteiger partial charge in [-0.2, -0.15) is 0 Å². The molecule has 0 spiro atoms. The van der Waals surface area contributed by atoms with Crippen molar-refractivity contribution >= 4 is 17.8 Å². The Kier molecular flexibility index (Phi) is 5.06. The van der Waals surface area contributed by atoms with E-state index in [9.17, 15) is 9.18 Å². The zero-order valence-electron chi connectivity index (χ0n) is 13.9. The highest BCUT2D eigenvalue weighted by Crippen LogP contribution is 2.37. The number of nitrogens with one attached hydrogen (secondary N) is 1. The Morgan fingerprint density at radius 2 is 2.08 bits per heavy atom. The minimum absolute atomic E-state index is 0.217. The number of aldehydes is 1. The molecule has 0 bridgehead atoms. The third-order valence-electron chi connectivity index (χ3n) is 4.82. The van der Waals surface area contributed by atoms with Gasteiger partial charge in [-0.05, 0) is 36.9 Å². The smallest absolute Gasteiger partial charge is 0.142 e. The van der Waals surface area contributed by atoms with Crippen molar-refractivity contribution in [2.24, 2.45) is 0 Å². The van der Waals surface area contributed by atoms with E-state index >= 15 is 0 Å². The molecule has 1 saturated heterocycles. The molecule has 128 valence electrons. The van der Waals surface area contributed by atoms with Gasteiger partial charge in [0, 0.05) is 50.9 Å². The standard InChI is InChI=1S/C18H23FN4O/c1-21-6-8-22(9-7-21)12-14-13-23(18(20)3-2-10-24)17-11-15(19)4-5-16(14)17/h2-5,10-11,14,20H,6-9,12-13H2,1H3/b3-2-,20-18?. The molecule has 2 aliphatic rings. The fourth-order valence-electron chi connectivity index (χ4n) is 3.46. The van der Waals surface area contributed by atoms with Gasteiger partial charge in [-0.15, -0.1) is 0 Å². The van der Waals surface area contributed by atoms with Gasteiger partial charge < -0.3 is 14.7 Å². The number of carbonyl (C=O) groups excluding carboxylic acids is 1. The zero-order valence-corrected chi connectivity index (χ0v) is 13.9. The van der Waals surface area contributed by atoms with Crippen molar-refractivity contribution in [1.29, 1.82) is 5.41 Å². The molecular weight excluding hydrogens is 307 g/mol. The van der Waals surface area contributed by atoms with Crippen molar-refractivity contribution in [1.82, 2.24) is 9.80 Å². The zero-order chi connectivity index (χ0) is 17.1. The molecule has 1 unspecified atom stereocenters. The fourth-order valence-corrected chi connectivity index (χ4v) is 3.46. The first-order valence-corrected chi connectivity index (χ1v) is 8.27. The predicted molar refractivity (Wildman–Crippen MR) is 93.4 cm³/mol. The van der Waals surface area contributed by atoms with E-state index in [1.165, 1.54) is 24.3 Å². The van der Waals surface area contributed by atoms with Crippen molar-refractivity contribution < 1.29 is 9.18 Å². The fraction of sp³-hybridized carbons (Fsp3) is 0.444. The summed E-state index contributed by atoms with van der Waals surface area (Å²) in [6.07, 6.45) is 3.41. The van der Waals surface area contributed by atoms with Gasteiger partial charge >= 0.3 is 0 Å². The number of likely N-dealkylation sites (N-methyl/N-ethyl adjacent to an activating group) is 1. The average molecular weight is 330 g/mol. The molecule has 0 amide bonds. The van der Waals surface area contributed by atoms with E-state index in [-0.39, 0.29) is 17.6 Å². The number of allylic oxidation sites excluding steroid dienone is 1. The largest absolute Gasteiger partial charge is 0.326 e. The van der Waals surface area contributed by atoms with Crippen LogP contribution in [0.3, 0.4) is 0 Å². The van der Waals surface area contributed by atoms with Gasteiger partial charge in [-0.25, -0.2) is 4.39 Å². The molecule has 0 radical (unpaired) electrons. The van der Waals surface area contributed by atoms with Crippen LogP contribution in [0.15, 0.2) is 30.4 Å². The van der Waals surface area contributed by atoms with Crippen LogP contribution in [-0.2, 0) is 4.79 Å². The molecule has 1 aromatic rings. The molecule has 1 atom stereocenters. The van der Waals surface area contributed by atoms with Gasteiger partial charge in [-0.1, -0.05) is 6.07 Å². The Bertz CT molecular complexity index is 652. The normalized spacial score (nSPS) is 22.1. The molecule has 0 aliphatic carbocycles. The quantitative estimate of drug-likeness (QED) is 0.395. The predicted octanol–water partition coefficient (Wildman–Crippen LogP) is 1.71. The lowest BCUT2D eigenvalue weighted by Crippen LogP contribution is -2.46. The molecule has 3 rings (SSSR count). The van der Waals surface area contributed by atoms with Crippen LogP contribution in [0.1, 0.15) is 11.5 Å². The van der Waals surface area contributed by atoms with Crippen molar-refractivity contribution in [2.45, 2.75) is 5.92 Å². The van der Waals surface area contributed by atoms with E-state index < -0.39 is 0 Å². The lowest BCUT2D eigenvalue weighted by molar-refractivity contribution is -0.104. The lowest BCUT2D eigenvalue weighted by Gasteiger charge is -2.34. The second-order valence-corrected chi connectivity index (χ2v) is 6.49. The van der Waals surface area contributed by atoms with Crippen molar-refractivity contribution in [3.63, 3.8) is 0 Å². The first-order valence-electron chi connectivity index (χ1n) is 8.27. The Labute approximate surface area is 141 Å².